The van der Waals surface area contributed by atoms with Gasteiger partial charge >= 0.3 is 0 Å². The third-order valence-electron chi connectivity index (χ3n) is 4.30. The zero-order chi connectivity index (χ0) is 21.9. The summed E-state index contributed by atoms with van der Waals surface area (Å²) in [7, 11) is 2.31. The molecule has 3 aromatic rings. The van der Waals surface area contributed by atoms with Crippen LogP contribution in [0.1, 0.15) is 5.89 Å². The lowest BCUT2D eigenvalue weighted by molar-refractivity contribution is 0.336. The molecule has 0 atom stereocenters. The van der Waals surface area contributed by atoms with Crippen molar-refractivity contribution < 1.29 is 27.2 Å². The van der Waals surface area contributed by atoms with Crippen LogP contribution in [0.2, 0.25) is 0 Å². The molecular formula is C19H20IN3O6S. The smallest absolute Gasteiger partial charge is 0.243 e. The fraction of sp³-hybridized carbons (Fsp3) is 0.263. The summed E-state index contributed by atoms with van der Waals surface area (Å²) < 4.78 is 48.5. The molecule has 0 amide bonds. The molecule has 160 valence electrons. The number of aromatic nitrogens is 2. The minimum Gasteiger partial charge on any atom is -0.496 e. The van der Waals surface area contributed by atoms with E-state index in [0.29, 0.717) is 32.2 Å². The first-order valence-corrected chi connectivity index (χ1v) is 11.2. The maximum atomic E-state index is 12.9. The highest BCUT2D eigenvalue weighted by atomic mass is 127. The highest BCUT2D eigenvalue weighted by molar-refractivity contribution is 14.1. The number of hydrogen-bond donors (Lipinski definition) is 0. The van der Waals surface area contributed by atoms with E-state index in [1.54, 1.807) is 37.4 Å². The van der Waals surface area contributed by atoms with Crippen LogP contribution in [0.3, 0.4) is 0 Å². The van der Waals surface area contributed by atoms with Gasteiger partial charge in [0.2, 0.25) is 21.7 Å². The molecule has 0 N–H and O–H groups in total. The summed E-state index contributed by atoms with van der Waals surface area (Å²) >= 11 is 2.03. The van der Waals surface area contributed by atoms with Gasteiger partial charge in [0.25, 0.3) is 0 Å². The number of ether oxygens (including phenoxy) is 3. The maximum Gasteiger partial charge on any atom is 0.243 e. The van der Waals surface area contributed by atoms with E-state index in [0.717, 1.165) is 4.31 Å². The highest BCUT2D eigenvalue weighted by Gasteiger charge is 2.24. The fourth-order valence-electron chi connectivity index (χ4n) is 2.67. The second-order valence-electron chi connectivity index (χ2n) is 6.14. The Kier molecular flexibility index (Phi) is 6.83. The van der Waals surface area contributed by atoms with Gasteiger partial charge in [-0.2, -0.15) is 9.29 Å². The van der Waals surface area contributed by atoms with E-state index in [1.807, 2.05) is 22.6 Å². The number of halogens is 1. The van der Waals surface area contributed by atoms with E-state index in [2.05, 4.69) is 10.1 Å². The van der Waals surface area contributed by atoms with Crippen LogP contribution in [0.25, 0.3) is 11.4 Å². The molecule has 2 aromatic carbocycles. The van der Waals surface area contributed by atoms with Crippen molar-refractivity contribution in [3.05, 3.63) is 45.9 Å². The molecule has 3 rings (SSSR count). The predicted octanol–water partition coefficient (Wildman–Crippen LogP) is 3.19. The van der Waals surface area contributed by atoms with Crippen molar-refractivity contribution in [3.8, 4) is 28.6 Å². The maximum absolute atomic E-state index is 12.9. The molecule has 9 nitrogen and oxygen atoms in total. The lowest BCUT2D eigenvalue weighted by atomic mass is 10.2. The van der Waals surface area contributed by atoms with E-state index in [4.69, 9.17) is 18.7 Å². The summed E-state index contributed by atoms with van der Waals surface area (Å²) in [5.41, 5.74) is 0.651. The number of sulfonamides is 1. The molecule has 0 fully saturated rings. The minimum absolute atomic E-state index is 0.0781. The number of nitrogens with zero attached hydrogens (tertiary/aromatic N) is 3. The summed E-state index contributed by atoms with van der Waals surface area (Å²) in [5, 5.41) is 3.94. The molecule has 0 unspecified atom stereocenters. The molecule has 1 heterocycles. The molecule has 0 saturated heterocycles. The van der Waals surface area contributed by atoms with Crippen molar-refractivity contribution in [1.29, 1.82) is 0 Å². The minimum atomic E-state index is -3.75. The first-order valence-electron chi connectivity index (χ1n) is 8.65. The Morgan fingerprint density at radius 1 is 1.00 bits per heavy atom. The van der Waals surface area contributed by atoms with Crippen LogP contribution in [-0.2, 0) is 16.6 Å². The Hall–Kier alpha value is -2.38. The largest absolute Gasteiger partial charge is 0.496 e. The zero-order valence-electron chi connectivity index (χ0n) is 16.7. The molecule has 30 heavy (non-hydrogen) atoms. The van der Waals surface area contributed by atoms with Crippen molar-refractivity contribution in [1.82, 2.24) is 14.4 Å². The van der Waals surface area contributed by atoms with E-state index >= 15 is 0 Å². The third kappa shape index (κ3) is 4.52. The summed E-state index contributed by atoms with van der Waals surface area (Å²) in [4.78, 5) is 4.45. The van der Waals surface area contributed by atoms with Crippen molar-refractivity contribution in [2.45, 2.75) is 11.4 Å². The summed E-state index contributed by atoms with van der Waals surface area (Å²) in [6.07, 6.45) is 0. The SMILES string of the molecule is COc1ccc(S(=O)(=O)N(C)Cc2nc(-c3ccc(OC)c(OC)c3)no2)cc1I. The van der Waals surface area contributed by atoms with Crippen molar-refractivity contribution in [2.24, 2.45) is 0 Å². The number of methoxy groups -OCH3 is 3. The Labute approximate surface area is 188 Å². The zero-order valence-corrected chi connectivity index (χ0v) is 19.7. The average Bonchev–Trinajstić information content (AvgIpc) is 3.21. The molecule has 0 radical (unpaired) electrons. The van der Waals surface area contributed by atoms with Crippen LogP contribution in [0.5, 0.6) is 17.2 Å². The first kappa shape index (κ1) is 22.3. The highest BCUT2D eigenvalue weighted by Crippen LogP contribution is 2.31. The van der Waals surface area contributed by atoms with E-state index in [9.17, 15) is 8.42 Å². The summed E-state index contributed by atoms with van der Waals surface area (Å²) in [6, 6.07) is 9.86. The topological polar surface area (TPSA) is 104 Å². The Balaban J connectivity index is 1.80. The number of benzene rings is 2. The lowest BCUT2D eigenvalue weighted by Crippen LogP contribution is -2.26. The normalized spacial score (nSPS) is 11.5. The molecule has 0 aliphatic heterocycles. The second kappa shape index (κ2) is 9.18. The summed E-state index contributed by atoms with van der Waals surface area (Å²) in [5.74, 6) is 2.18. The fourth-order valence-corrected chi connectivity index (χ4v) is 4.77. The van der Waals surface area contributed by atoms with Crippen LogP contribution >= 0.6 is 22.6 Å². The van der Waals surface area contributed by atoms with Gasteiger partial charge in [-0.05, 0) is 59.0 Å². The molecule has 0 saturated carbocycles. The Morgan fingerprint density at radius 2 is 1.67 bits per heavy atom. The Bertz CT molecular complexity index is 1150. The van der Waals surface area contributed by atoms with Crippen LogP contribution < -0.4 is 14.2 Å². The second-order valence-corrected chi connectivity index (χ2v) is 9.35. The lowest BCUT2D eigenvalue weighted by Gasteiger charge is -2.15. The quantitative estimate of drug-likeness (QED) is 0.398. The predicted molar refractivity (Wildman–Crippen MR) is 117 cm³/mol. The van der Waals surface area contributed by atoms with E-state index in [1.165, 1.54) is 27.3 Å². The third-order valence-corrected chi connectivity index (χ3v) is 6.94. The standard InChI is InChI=1S/C19H20IN3O6S/c1-23(30(24,25)13-6-8-15(26-2)14(20)10-13)11-18-21-19(22-29-18)12-5-7-16(27-3)17(9-12)28-4/h5-10H,11H2,1-4H3. The van der Waals surface area contributed by atoms with E-state index in [-0.39, 0.29) is 17.3 Å². The van der Waals surface area contributed by atoms with Gasteiger partial charge in [-0.3, -0.25) is 0 Å². The first-order chi connectivity index (χ1) is 14.3. The van der Waals surface area contributed by atoms with Crippen molar-refractivity contribution in [3.63, 3.8) is 0 Å². The molecule has 0 bridgehead atoms. The van der Waals surface area contributed by atoms with Gasteiger partial charge in [0.15, 0.2) is 11.5 Å². The molecular weight excluding hydrogens is 525 g/mol. The van der Waals surface area contributed by atoms with Gasteiger partial charge in [0, 0.05) is 12.6 Å². The van der Waals surface area contributed by atoms with Crippen LogP contribution in [0.4, 0.5) is 0 Å². The van der Waals surface area contributed by atoms with Gasteiger partial charge in [-0.15, -0.1) is 0 Å². The van der Waals surface area contributed by atoms with Crippen molar-refractivity contribution in [2.75, 3.05) is 28.4 Å². The monoisotopic (exact) mass is 545 g/mol. The molecule has 0 aliphatic rings. The van der Waals surface area contributed by atoms with Crippen molar-refractivity contribution >= 4 is 32.6 Å². The molecule has 0 spiro atoms. The van der Waals surface area contributed by atoms with Crippen LogP contribution in [0.15, 0.2) is 45.8 Å². The van der Waals surface area contributed by atoms with Gasteiger partial charge in [0.05, 0.1) is 36.3 Å². The van der Waals surface area contributed by atoms with Crippen LogP contribution in [-0.4, -0.2) is 51.2 Å². The van der Waals surface area contributed by atoms with E-state index < -0.39 is 10.0 Å². The number of rotatable bonds is 8. The Morgan fingerprint density at radius 3 is 2.30 bits per heavy atom. The van der Waals surface area contributed by atoms with Crippen LogP contribution in [0, 0.1) is 3.57 Å². The average molecular weight is 545 g/mol. The van der Waals surface area contributed by atoms with Gasteiger partial charge in [-0.25, -0.2) is 8.42 Å². The molecule has 1 aromatic heterocycles. The summed E-state index contributed by atoms with van der Waals surface area (Å²) in [6.45, 7) is -0.0781. The number of hydrogen-bond acceptors (Lipinski definition) is 8. The molecule has 11 heteroatoms. The molecule has 0 aliphatic carbocycles. The van der Waals surface area contributed by atoms with Gasteiger partial charge in [-0.1, -0.05) is 5.16 Å². The van der Waals surface area contributed by atoms with Gasteiger partial charge in [0.1, 0.15) is 5.75 Å². The van der Waals surface area contributed by atoms with Gasteiger partial charge < -0.3 is 18.7 Å².